The maximum absolute atomic E-state index is 9.83. The van der Waals surface area contributed by atoms with E-state index in [9.17, 15) is 5.11 Å². The van der Waals surface area contributed by atoms with Crippen molar-refractivity contribution < 1.29 is 22.0 Å². The molecule has 0 saturated carbocycles. The number of unbranched alkanes of at least 4 members (excludes halogenated alkanes) is 7. The molecule has 0 fully saturated rings. The van der Waals surface area contributed by atoms with E-state index >= 15 is 0 Å². The molecule has 0 amide bonds. The third-order valence-corrected chi connectivity index (χ3v) is 4.96. The van der Waals surface area contributed by atoms with E-state index in [1.807, 2.05) is 0 Å². The first-order chi connectivity index (χ1) is 9.64. The van der Waals surface area contributed by atoms with Crippen molar-refractivity contribution in [3.8, 4) is 0 Å². The molecule has 0 heterocycles. The van der Waals surface area contributed by atoms with Gasteiger partial charge in [0.2, 0.25) is 0 Å². The fraction of sp³-hybridized carbons (Fsp3) is 1.00. The monoisotopic (exact) mass is 341 g/mol. The Kier molecular flexibility index (Phi) is 17.4. The van der Waals surface area contributed by atoms with Crippen LogP contribution in [0.4, 0.5) is 0 Å². The number of hydrogen-bond donors (Lipinski definition) is 1. The molecule has 1 unspecified atom stereocenters. The summed E-state index contributed by atoms with van der Waals surface area (Å²) in [5.74, 6) is 0.359. The molecule has 2 nitrogen and oxygen atoms in total. The van der Waals surface area contributed by atoms with Gasteiger partial charge < -0.3 is 22.0 Å². The van der Waals surface area contributed by atoms with E-state index in [1.54, 1.807) is 0 Å². The Morgan fingerprint density at radius 3 is 1.76 bits per heavy atom. The molecule has 0 aliphatic heterocycles. The fourth-order valence-electron chi connectivity index (χ4n) is 2.97. The highest BCUT2D eigenvalue weighted by atomic mass is 35.5. The number of halogens is 2. The van der Waals surface area contributed by atoms with Gasteiger partial charge in [-0.15, -0.1) is 11.6 Å². The third-order valence-electron chi connectivity index (χ3n) is 4.60. The minimum absolute atomic E-state index is 0. The topological polar surface area (TPSA) is 20.2 Å². The van der Waals surface area contributed by atoms with Crippen molar-refractivity contribution in [2.75, 3.05) is 32.1 Å². The van der Waals surface area contributed by atoms with E-state index in [1.165, 1.54) is 57.9 Å². The number of rotatable bonds is 14. The lowest BCUT2D eigenvalue weighted by Gasteiger charge is -2.38. The Balaban J connectivity index is 0. The maximum Gasteiger partial charge on any atom is 0.116 e. The van der Waals surface area contributed by atoms with E-state index < -0.39 is 0 Å². The molecule has 130 valence electrons. The lowest BCUT2D eigenvalue weighted by molar-refractivity contribution is -0.927. The maximum atomic E-state index is 9.83. The molecule has 0 aliphatic carbocycles. The van der Waals surface area contributed by atoms with Crippen molar-refractivity contribution in [3.63, 3.8) is 0 Å². The largest absolute Gasteiger partial charge is 1.00 e. The molecule has 0 aromatic heterocycles. The minimum Gasteiger partial charge on any atom is -1.00 e. The summed E-state index contributed by atoms with van der Waals surface area (Å²) in [7, 11) is 0. The summed E-state index contributed by atoms with van der Waals surface area (Å²) in [4.78, 5) is 0. The number of alkyl halides is 1. The van der Waals surface area contributed by atoms with E-state index in [-0.39, 0.29) is 18.5 Å². The first-order valence-corrected chi connectivity index (χ1v) is 9.26. The average molecular weight is 342 g/mol. The van der Waals surface area contributed by atoms with Gasteiger partial charge in [-0.05, 0) is 26.7 Å². The van der Waals surface area contributed by atoms with Crippen molar-refractivity contribution in [3.05, 3.63) is 0 Å². The van der Waals surface area contributed by atoms with Crippen LogP contribution in [-0.2, 0) is 0 Å². The fourth-order valence-corrected chi connectivity index (χ4v) is 3.06. The van der Waals surface area contributed by atoms with Crippen LogP contribution in [0.1, 0.15) is 72.1 Å². The van der Waals surface area contributed by atoms with Gasteiger partial charge in [-0.2, -0.15) is 0 Å². The molecule has 21 heavy (non-hydrogen) atoms. The molecule has 1 N–H and O–H groups in total. The minimum atomic E-state index is -0.356. The zero-order valence-corrected chi connectivity index (χ0v) is 15.9. The van der Waals surface area contributed by atoms with Crippen LogP contribution < -0.4 is 12.4 Å². The van der Waals surface area contributed by atoms with Gasteiger partial charge in [-0.25, -0.2) is 0 Å². The van der Waals surface area contributed by atoms with Crippen molar-refractivity contribution in [2.45, 2.75) is 78.2 Å². The van der Waals surface area contributed by atoms with Crippen LogP contribution >= 0.6 is 11.6 Å². The normalized spacial score (nSPS) is 13.0. The van der Waals surface area contributed by atoms with E-state index in [0.29, 0.717) is 5.88 Å². The van der Waals surface area contributed by atoms with Crippen LogP contribution in [0.5, 0.6) is 0 Å². The van der Waals surface area contributed by atoms with Crippen LogP contribution in [0, 0.1) is 0 Å². The predicted octanol–water partition coefficient (Wildman–Crippen LogP) is 1.59. The summed E-state index contributed by atoms with van der Waals surface area (Å²) in [6.07, 6.45) is 10.6. The summed E-state index contributed by atoms with van der Waals surface area (Å²) in [6.45, 7) is 10.9. The molecular formula is C17H37Cl2NO. The smallest absolute Gasteiger partial charge is 0.116 e. The van der Waals surface area contributed by atoms with Crippen molar-refractivity contribution >= 4 is 11.6 Å². The molecule has 0 bridgehead atoms. The van der Waals surface area contributed by atoms with Gasteiger partial charge in [0.25, 0.3) is 0 Å². The second-order valence-electron chi connectivity index (χ2n) is 6.16. The summed E-state index contributed by atoms with van der Waals surface area (Å²) in [5.41, 5.74) is 0. The number of aliphatic hydroxyl groups is 1. The Morgan fingerprint density at radius 1 is 0.857 bits per heavy atom. The summed E-state index contributed by atoms with van der Waals surface area (Å²) in [5, 5.41) is 9.83. The SMILES string of the molecule is CCCCCCCCCC[N+](CC)(CC)CC(O)CCl.[Cl-]. The molecule has 0 spiro atoms. The number of likely N-dealkylation sites (N-methyl/N-ethyl adjacent to an activating group) is 1. The van der Waals surface area contributed by atoms with Crippen LogP contribution in [0.3, 0.4) is 0 Å². The zero-order valence-electron chi connectivity index (χ0n) is 14.4. The molecule has 0 aromatic carbocycles. The van der Waals surface area contributed by atoms with Gasteiger partial charge >= 0.3 is 0 Å². The molecule has 0 saturated heterocycles. The van der Waals surface area contributed by atoms with Gasteiger partial charge in [0, 0.05) is 0 Å². The second kappa shape index (κ2) is 15.4. The van der Waals surface area contributed by atoms with Gasteiger partial charge in [-0.3, -0.25) is 0 Å². The van der Waals surface area contributed by atoms with E-state index in [4.69, 9.17) is 11.6 Å². The van der Waals surface area contributed by atoms with Crippen molar-refractivity contribution in [1.29, 1.82) is 0 Å². The Bertz CT molecular complexity index is 211. The first kappa shape index (κ1) is 23.8. The van der Waals surface area contributed by atoms with E-state index in [2.05, 4.69) is 20.8 Å². The quantitative estimate of drug-likeness (QED) is 0.289. The van der Waals surface area contributed by atoms with Gasteiger partial charge in [0.05, 0.1) is 25.5 Å². The molecular weight excluding hydrogens is 305 g/mol. The van der Waals surface area contributed by atoms with Crippen molar-refractivity contribution in [2.24, 2.45) is 0 Å². The Hall–Kier alpha value is 0.500. The number of hydrogen-bond acceptors (Lipinski definition) is 1. The highest BCUT2D eigenvalue weighted by Crippen LogP contribution is 2.14. The molecule has 0 aromatic rings. The summed E-state index contributed by atoms with van der Waals surface area (Å²) < 4.78 is 1.02. The second-order valence-corrected chi connectivity index (χ2v) is 6.47. The number of quaternary nitrogens is 1. The zero-order chi connectivity index (χ0) is 15.3. The predicted molar refractivity (Wildman–Crippen MR) is 90.4 cm³/mol. The molecule has 1 atom stereocenters. The average Bonchev–Trinajstić information content (AvgIpc) is 2.48. The first-order valence-electron chi connectivity index (χ1n) is 8.73. The molecule has 0 rings (SSSR count). The standard InChI is InChI=1S/C17H37ClNO.ClH/c1-4-7-8-9-10-11-12-13-14-19(5-2,6-3)16-17(20)15-18;/h17,20H,4-16H2,1-3H3;1H/q+1;/p-1. The van der Waals surface area contributed by atoms with Crippen molar-refractivity contribution in [1.82, 2.24) is 0 Å². The molecule has 4 heteroatoms. The Morgan fingerprint density at radius 2 is 1.33 bits per heavy atom. The lowest BCUT2D eigenvalue weighted by Crippen LogP contribution is -3.00. The van der Waals surface area contributed by atoms with Crippen LogP contribution in [-0.4, -0.2) is 47.8 Å². The van der Waals surface area contributed by atoms with Gasteiger partial charge in [-0.1, -0.05) is 45.4 Å². The van der Waals surface area contributed by atoms with Crippen LogP contribution in [0.25, 0.3) is 0 Å². The number of aliphatic hydroxyl groups excluding tert-OH is 1. The molecule has 0 aliphatic rings. The van der Waals surface area contributed by atoms with Crippen LogP contribution in [0.15, 0.2) is 0 Å². The highest BCUT2D eigenvalue weighted by Gasteiger charge is 2.25. The Labute approximate surface area is 144 Å². The molecule has 0 radical (unpaired) electrons. The van der Waals surface area contributed by atoms with Crippen LogP contribution in [0.2, 0.25) is 0 Å². The lowest BCUT2D eigenvalue weighted by atomic mass is 10.1. The van der Waals surface area contributed by atoms with E-state index in [0.717, 1.165) is 24.1 Å². The van der Waals surface area contributed by atoms with Gasteiger partial charge in [0.1, 0.15) is 12.6 Å². The summed E-state index contributed by atoms with van der Waals surface area (Å²) >= 11 is 5.76. The van der Waals surface area contributed by atoms with Gasteiger partial charge in [0.15, 0.2) is 0 Å². The highest BCUT2D eigenvalue weighted by molar-refractivity contribution is 6.18. The third kappa shape index (κ3) is 11.7. The summed E-state index contributed by atoms with van der Waals surface area (Å²) in [6, 6.07) is 0. The number of nitrogens with zero attached hydrogens (tertiary/aromatic N) is 1.